The van der Waals surface area contributed by atoms with Gasteiger partial charge in [0, 0.05) is 11.3 Å². The molecule has 0 radical (unpaired) electrons. The molecule has 0 amide bonds. The lowest BCUT2D eigenvalue weighted by atomic mass is 10.0. The van der Waals surface area contributed by atoms with Gasteiger partial charge in [0.1, 0.15) is 0 Å². The summed E-state index contributed by atoms with van der Waals surface area (Å²) in [6, 6.07) is 2.11. The molecule has 1 aromatic rings. The molecule has 1 rings (SSSR count). The zero-order chi connectivity index (χ0) is 10.0. The topological polar surface area (TPSA) is 12.9 Å². The smallest absolute Gasteiger partial charge is 0.0701 e. The maximum absolute atomic E-state index is 4.43. The first kappa shape index (κ1) is 9.72. The number of hydrogen-bond acceptors (Lipinski definition) is 1. The highest BCUT2D eigenvalue weighted by molar-refractivity contribution is 5.70. The largest absolute Gasteiger partial charge is 0.253 e. The standard InChI is InChI=1S/C12H15N/c1-6-12-11(8(2)3)7-9(4)10(5)13-12/h6-7H,1-2H2,3-5H3. The van der Waals surface area contributed by atoms with Crippen LogP contribution in [-0.4, -0.2) is 4.98 Å². The average molecular weight is 173 g/mol. The summed E-state index contributed by atoms with van der Waals surface area (Å²) in [4.78, 5) is 4.43. The van der Waals surface area contributed by atoms with Gasteiger partial charge in [0.15, 0.2) is 0 Å². The summed E-state index contributed by atoms with van der Waals surface area (Å²) in [5.41, 5.74) is 5.31. The number of allylic oxidation sites excluding steroid dienone is 1. The molecule has 68 valence electrons. The Kier molecular flexibility index (Phi) is 2.66. The van der Waals surface area contributed by atoms with Crippen LogP contribution in [0, 0.1) is 13.8 Å². The summed E-state index contributed by atoms with van der Waals surface area (Å²) in [6.07, 6.45) is 1.77. The number of aryl methyl sites for hydroxylation is 2. The minimum absolute atomic E-state index is 0.926. The first-order chi connectivity index (χ1) is 6.06. The van der Waals surface area contributed by atoms with Crippen molar-refractivity contribution in [2.75, 3.05) is 0 Å². The third-order valence-electron chi connectivity index (χ3n) is 2.15. The fourth-order valence-corrected chi connectivity index (χ4v) is 1.22. The van der Waals surface area contributed by atoms with Gasteiger partial charge < -0.3 is 0 Å². The fourth-order valence-electron chi connectivity index (χ4n) is 1.22. The van der Waals surface area contributed by atoms with Gasteiger partial charge in [-0.3, -0.25) is 4.98 Å². The van der Waals surface area contributed by atoms with Crippen molar-refractivity contribution in [3.63, 3.8) is 0 Å². The predicted octanol–water partition coefficient (Wildman–Crippen LogP) is 3.37. The summed E-state index contributed by atoms with van der Waals surface area (Å²) in [6.45, 7) is 13.7. The molecule has 0 aromatic carbocycles. The zero-order valence-corrected chi connectivity index (χ0v) is 8.52. The molecule has 1 aromatic heterocycles. The molecule has 0 aliphatic rings. The van der Waals surface area contributed by atoms with Crippen LogP contribution in [-0.2, 0) is 0 Å². The van der Waals surface area contributed by atoms with E-state index in [4.69, 9.17) is 0 Å². The molecule has 0 saturated carbocycles. The van der Waals surface area contributed by atoms with Gasteiger partial charge in [-0.15, -0.1) is 0 Å². The highest BCUT2D eigenvalue weighted by atomic mass is 14.7. The van der Waals surface area contributed by atoms with Crippen molar-refractivity contribution in [3.05, 3.63) is 41.7 Å². The van der Waals surface area contributed by atoms with Crippen LogP contribution in [0.25, 0.3) is 11.6 Å². The average Bonchev–Trinajstić information content (AvgIpc) is 2.08. The molecular weight excluding hydrogens is 158 g/mol. The van der Waals surface area contributed by atoms with Crippen LogP contribution in [0.1, 0.15) is 29.4 Å². The fraction of sp³-hybridized carbons (Fsp3) is 0.250. The minimum atomic E-state index is 0.926. The van der Waals surface area contributed by atoms with E-state index in [9.17, 15) is 0 Å². The number of pyridine rings is 1. The van der Waals surface area contributed by atoms with Crippen LogP contribution < -0.4 is 0 Å². The molecular formula is C12H15N. The van der Waals surface area contributed by atoms with E-state index < -0.39 is 0 Å². The number of aromatic nitrogens is 1. The molecule has 13 heavy (non-hydrogen) atoms. The predicted molar refractivity (Wildman–Crippen MR) is 58.5 cm³/mol. The normalized spacial score (nSPS) is 9.77. The molecule has 0 fully saturated rings. The highest BCUT2D eigenvalue weighted by Gasteiger charge is 2.04. The number of nitrogens with zero attached hydrogens (tertiary/aromatic N) is 1. The summed E-state index contributed by atoms with van der Waals surface area (Å²) in [5, 5.41) is 0. The first-order valence-corrected chi connectivity index (χ1v) is 4.33. The number of hydrogen-bond donors (Lipinski definition) is 0. The Morgan fingerprint density at radius 2 is 2.08 bits per heavy atom. The second-order valence-electron chi connectivity index (χ2n) is 3.31. The number of rotatable bonds is 2. The van der Waals surface area contributed by atoms with E-state index in [1.807, 2.05) is 13.8 Å². The molecule has 0 saturated heterocycles. The lowest BCUT2D eigenvalue weighted by Gasteiger charge is -2.08. The van der Waals surface area contributed by atoms with Crippen molar-refractivity contribution in [3.8, 4) is 0 Å². The van der Waals surface area contributed by atoms with Gasteiger partial charge in [-0.05, 0) is 44.1 Å². The Balaban J connectivity index is 3.41. The first-order valence-electron chi connectivity index (χ1n) is 4.33. The van der Waals surface area contributed by atoms with Crippen molar-refractivity contribution in [1.82, 2.24) is 4.98 Å². The van der Waals surface area contributed by atoms with E-state index >= 15 is 0 Å². The second kappa shape index (κ2) is 3.56. The summed E-state index contributed by atoms with van der Waals surface area (Å²) in [5.74, 6) is 0. The van der Waals surface area contributed by atoms with E-state index in [1.54, 1.807) is 6.08 Å². The zero-order valence-electron chi connectivity index (χ0n) is 8.52. The molecule has 1 nitrogen and oxygen atoms in total. The Hall–Kier alpha value is -1.37. The molecule has 0 spiro atoms. The van der Waals surface area contributed by atoms with Gasteiger partial charge in [-0.2, -0.15) is 0 Å². The molecule has 0 atom stereocenters. The Bertz CT molecular complexity index is 362. The van der Waals surface area contributed by atoms with Crippen molar-refractivity contribution in [2.45, 2.75) is 20.8 Å². The van der Waals surface area contributed by atoms with Crippen LogP contribution in [0.2, 0.25) is 0 Å². The third-order valence-corrected chi connectivity index (χ3v) is 2.15. The van der Waals surface area contributed by atoms with Gasteiger partial charge in [-0.25, -0.2) is 0 Å². The van der Waals surface area contributed by atoms with Gasteiger partial charge in [0.05, 0.1) is 5.69 Å². The summed E-state index contributed by atoms with van der Waals surface area (Å²) < 4.78 is 0. The van der Waals surface area contributed by atoms with E-state index in [2.05, 4.69) is 31.1 Å². The van der Waals surface area contributed by atoms with Gasteiger partial charge in [0.2, 0.25) is 0 Å². The van der Waals surface area contributed by atoms with E-state index in [-0.39, 0.29) is 0 Å². The summed E-state index contributed by atoms with van der Waals surface area (Å²) in [7, 11) is 0. The van der Waals surface area contributed by atoms with Gasteiger partial charge >= 0.3 is 0 Å². The van der Waals surface area contributed by atoms with Crippen molar-refractivity contribution < 1.29 is 0 Å². The van der Waals surface area contributed by atoms with Crippen LogP contribution in [0.5, 0.6) is 0 Å². The quantitative estimate of drug-likeness (QED) is 0.668. The molecule has 1 heterocycles. The molecule has 0 N–H and O–H groups in total. The van der Waals surface area contributed by atoms with Gasteiger partial charge in [-0.1, -0.05) is 13.2 Å². The molecule has 0 unspecified atom stereocenters. The highest BCUT2D eigenvalue weighted by Crippen LogP contribution is 2.19. The van der Waals surface area contributed by atoms with E-state index in [0.717, 1.165) is 22.5 Å². The molecule has 1 heteroatoms. The summed E-state index contributed by atoms with van der Waals surface area (Å²) >= 11 is 0. The van der Waals surface area contributed by atoms with Gasteiger partial charge in [0.25, 0.3) is 0 Å². The van der Waals surface area contributed by atoms with Crippen molar-refractivity contribution >= 4 is 11.6 Å². The molecule has 0 aliphatic carbocycles. The molecule has 0 bridgehead atoms. The van der Waals surface area contributed by atoms with Crippen molar-refractivity contribution in [1.29, 1.82) is 0 Å². The lowest BCUT2D eigenvalue weighted by Crippen LogP contribution is -1.95. The van der Waals surface area contributed by atoms with Crippen LogP contribution in [0.3, 0.4) is 0 Å². The second-order valence-corrected chi connectivity index (χ2v) is 3.31. The molecule has 0 aliphatic heterocycles. The Morgan fingerprint density at radius 3 is 2.54 bits per heavy atom. The lowest BCUT2D eigenvalue weighted by molar-refractivity contribution is 1.12. The SMILES string of the molecule is C=Cc1nc(C)c(C)cc1C(=C)C. The maximum Gasteiger partial charge on any atom is 0.0701 e. The van der Waals surface area contributed by atoms with Crippen LogP contribution >= 0.6 is 0 Å². The van der Waals surface area contributed by atoms with E-state index in [0.29, 0.717) is 0 Å². The maximum atomic E-state index is 4.43. The van der Waals surface area contributed by atoms with Crippen molar-refractivity contribution in [2.24, 2.45) is 0 Å². The monoisotopic (exact) mass is 173 g/mol. The van der Waals surface area contributed by atoms with E-state index in [1.165, 1.54) is 5.56 Å². The Morgan fingerprint density at radius 1 is 1.46 bits per heavy atom. The Labute approximate surface area is 79.8 Å². The third kappa shape index (κ3) is 1.86. The van der Waals surface area contributed by atoms with Crippen LogP contribution in [0.4, 0.5) is 0 Å². The minimum Gasteiger partial charge on any atom is -0.253 e. The van der Waals surface area contributed by atoms with Crippen LogP contribution in [0.15, 0.2) is 19.2 Å².